The maximum atomic E-state index is 11.8. The Morgan fingerprint density at radius 2 is 1.70 bits per heavy atom. The molecule has 0 aromatic heterocycles. The Kier molecular flexibility index (Phi) is 9.12. The van der Waals surface area contributed by atoms with Gasteiger partial charge in [-0.15, -0.1) is 0 Å². The van der Waals surface area contributed by atoms with Crippen LogP contribution < -0.4 is 0 Å². The standard InChI is InChI=1S/C23H36O4/c1-3-5-7-8-18-26-22(24)27-21-14-16-23(25,17-15-21)20-12-10-19(11-13-20)9-6-4-2/h10-13,21,25H,3-9,14-18H2,1-2H3. The highest BCUT2D eigenvalue weighted by Crippen LogP contribution is 2.38. The molecule has 1 aromatic rings. The van der Waals surface area contributed by atoms with Gasteiger partial charge < -0.3 is 14.6 Å². The zero-order chi connectivity index (χ0) is 19.5. The highest BCUT2D eigenvalue weighted by Gasteiger charge is 2.36. The molecule has 0 atom stereocenters. The summed E-state index contributed by atoms with van der Waals surface area (Å²) >= 11 is 0. The number of unbranched alkanes of at least 4 members (excludes halogenated alkanes) is 4. The maximum Gasteiger partial charge on any atom is 0.508 e. The van der Waals surface area contributed by atoms with Crippen molar-refractivity contribution in [3.05, 3.63) is 35.4 Å². The second-order valence-electron chi connectivity index (χ2n) is 7.81. The second-order valence-corrected chi connectivity index (χ2v) is 7.81. The van der Waals surface area contributed by atoms with Crippen LogP contribution >= 0.6 is 0 Å². The SMILES string of the molecule is CCCCCCOC(=O)OC1CCC(O)(c2ccc(CCCC)cc2)CC1. The third-order valence-electron chi connectivity index (χ3n) is 5.55. The van der Waals surface area contributed by atoms with Gasteiger partial charge in [0.05, 0.1) is 12.2 Å². The van der Waals surface area contributed by atoms with Crippen LogP contribution in [0, 0.1) is 0 Å². The van der Waals surface area contributed by atoms with Crippen molar-refractivity contribution in [2.45, 2.75) is 96.2 Å². The third kappa shape index (κ3) is 7.17. The summed E-state index contributed by atoms with van der Waals surface area (Å²) in [5.41, 5.74) is 1.48. The van der Waals surface area contributed by atoms with Crippen molar-refractivity contribution in [3.63, 3.8) is 0 Å². The van der Waals surface area contributed by atoms with Gasteiger partial charge in [-0.2, -0.15) is 0 Å². The topological polar surface area (TPSA) is 55.8 Å². The molecule has 0 unspecified atom stereocenters. The Morgan fingerprint density at radius 1 is 1.04 bits per heavy atom. The summed E-state index contributed by atoms with van der Waals surface area (Å²) in [7, 11) is 0. The minimum absolute atomic E-state index is 0.155. The zero-order valence-corrected chi connectivity index (χ0v) is 17.0. The number of aliphatic hydroxyl groups is 1. The molecule has 1 aliphatic carbocycles. The van der Waals surface area contributed by atoms with Gasteiger partial charge >= 0.3 is 6.16 Å². The average molecular weight is 377 g/mol. The summed E-state index contributed by atoms with van der Waals surface area (Å²) in [4.78, 5) is 11.8. The molecule has 152 valence electrons. The average Bonchev–Trinajstić information content (AvgIpc) is 2.68. The van der Waals surface area contributed by atoms with Crippen molar-refractivity contribution >= 4 is 6.16 Å². The molecule has 0 heterocycles. The molecule has 1 saturated carbocycles. The van der Waals surface area contributed by atoms with Gasteiger partial charge in [-0.25, -0.2) is 4.79 Å². The number of carbonyl (C=O) groups is 1. The van der Waals surface area contributed by atoms with Crippen molar-refractivity contribution < 1.29 is 19.4 Å². The largest absolute Gasteiger partial charge is 0.508 e. The Morgan fingerprint density at radius 3 is 2.33 bits per heavy atom. The monoisotopic (exact) mass is 376 g/mol. The quantitative estimate of drug-likeness (QED) is 0.408. The highest BCUT2D eigenvalue weighted by atomic mass is 16.7. The lowest BCUT2D eigenvalue weighted by Crippen LogP contribution is -2.35. The predicted octanol–water partition coefficient (Wildman–Crippen LogP) is 5.89. The van der Waals surface area contributed by atoms with Crippen LogP contribution in [0.25, 0.3) is 0 Å². The summed E-state index contributed by atoms with van der Waals surface area (Å²) in [5.74, 6) is 0. The van der Waals surface area contributed by atoms with Crippen LogP contribution in [0.3, 0.4) is 0 Å². The van der Waals surface area contributed by atoms with E-state index < -0.39 is 11.8 Å². The molecule has 27 heavy (non-hydrogen) atoms. The van der Waals surface area contributed by atoms with Crippen molar-refractivity contribution in [2.75, 3.05) is 6.61 Å². The lowest BCUT2D eigenvalue weighted by Gasteiger charge is -2.36. The van der Waals surface area contributed by atoms with Gasteiger partial charge in [-0.05, 0) is 56.1 Å². The summed E-state index contributed by atoms with van der Waals surface area (Å²) < 4.78 is 10.6. The smallest absolute Gasteiger partial charge is 0.434 e. The second kappa shape index (κ2) is 11.3. The summed E-state index contributed by atoms with van der Waals surface area (Å²) in [6.07, 6.45) is 9.59. The number of benzene rings is 1. The Balaban J connectivity index is 1.74. The van der Waals surface area contributed by atoms with Gasteiger partial charge in [-0.3, -0.25) is 0 Å². The van der Waals surface area contributed by atoms with Gasteiger partial charge in [0, 0.05) is 0 Å². The molecule has 4 nitrogen and oxygen atoms in total. The van der Waals surface area contributed by atoms with E-state index in [1.54, 1.807) is 0 Å². The van der Waals surface area contributed by atoms with E-state index in [0.29, 0.717) is 32.3 Å². The van der Waals surface area contributed by atoms with Gasteiger partial charge in [0.2, 0.25) is 0 Å². The predicted molar refractivity (Wildman–Crippen MR) is 108 cm³/mol. The Hall–Kier alpha value is -1.55. The molecule has 0 bridgehead atoms. The van der Waals surface area contributed by atoms with E-state index in [2.05, 4.69) is 38.1 Å². The van der Waals surface area contributed by atoms with Crippen LogP contribution in [0.1, 0.15) is 89.2 Å². The number of carbonyl (C=O) groups excluding carboxylic acids is 1. The van der Waals surface area contributed by atoms with Crippen LogP contribution in [0.2, 0.25) is 0 Å². The van der Waals surface area contributed by atoms with Gasteiger partial charge in [0.25, 0.3) is 0 Å². The first-order valence-electron chi connectivity index (χ1n) is 10.7. The first-order valence-corrected chi connectivity index (χ1v) is 10.7. The van der Waals surface area contributed by atoms with Crippen LogP contribution in [0.4, 0.5) is 4.79 Å². The molecule has 0 spiro atoms. The maximum absolute atomic E-state index is 11.8. The number of rotatable bonds is 10. The normalized spacial score (nSPS) is 22.4. The molecular formula is C23H36O4. The third-order valence-corrected chi connectivity index (χ3v) is 5.55. The fraction of sp³-hybridized carbons (Fsp3) is 0.696. The molecule has 1 aliphatic rings. The van der Waals surface area contributed by atoms with E-state index in [0.717, 1.165) is 31.2 Å². The zero-order valence-electron chi connectivity index (χ0n) is 17.0. The lowest BCUT2D eigenvalue weighted by molar-refractivity contribution is -0.0538. The molecule has 1 fully saturated rings. The summed E-state index contributed by atoms with van der Waals surface area (Å²) in [6.45, 7) is 4.78. The molecule has 4 heteroatoms. The van der Waals surface area contributed by atoms with Crippen molar-refractivity contribution in [1.82, 2.24) is 0 Å². The molecule has 0 aliphatic heterocycles. The number of hydrogen-bond acceptors (Lipinski definition) is 4. The van der Waals surface area contributed by atoms with E-state index in [-0.39, 0.29) is 6.10 Å². The molecule has 1 aromatic carbocycles. The van der Waals surface area contributed by atoms with E-state index in [4.69, 9.17) is 9.47 Å². The molecule has 1 N–H and O–H groups in total. The lowest BCUT2D eigenvalue weighted by atomic mass is 9.78. The van der Waals surface area contributed by atoms with Crippen LogP contribution in [-0.2, 0) is 21.5 Å². The Labute approximate surface area is 164 Å². The van der Waals surface area contributed by atoms with Crippen LogP contribution in [0.15, 0.2) is 24.3 Å². The number of aryl methyl sites for hydroxylation is 1. The van der Waals surface area contributed by atoms with Crippen LogP contribution in [-0.4, -0.2) is 24.0 Å². The number of hydrogen-bond donors (Lipinski definition) is 1. The molecule has 0 saturated heterocycles. The fourth-order valence-electron chi connectivity index (χ4n) is 3.69. The first-order chi connectivity index (χ1) is 13.1. The highest BCUT2D eigenvalue weighted by molar-refractivity contribution is 5.60. The minimum atomic E-state index is -0.812. The van der Waals surface area contributed by atoms with Crippen molar-refractivity contribution in [3.8, 4) is 0 Å². The van der Waals surface area contributed by atoms with Crippen LogP contribution in [0.5, 0.6) is 0 Å². The minimum Gasteiger partial charge on any atom is -0.434 e. The Bertz CT molecular complexity index is 544. The van der Waals surface area contributed by atoms with E-state index in [9.17, 15) is 9.90 Å². The summed E-state index contributed by atoms with van der Waals surface area (Å²) in [5, 5.41) is 11.0. The molecular weight excluding hydrogens is 340 g/mol. The summed E-state index contributed by atoms with van der Waals surface area (Å²) in [6, 6.07) is 8.36. The van der Waals surface area contributed by atoms with Crippen molar-refractivity contribution in [1.29, 1.82) is 0 Å². The van der Waals surface area contributed by atoms with E-state index in [1.807, 2.05) is 0 Å². The van der Waals surface area contributed by atoms with Gasteiger partial charge in [0.1, 0.15) is 6.10 Å². The first kappa shape index (κ1) is 21.7. The van der Waals surface area contributed by atoms with Gasteiger partial charge in [0.15, 0.2) is 0 Å². The number of ether oxygens (including phenoxy) is 2. The molecule has 0 amide bonds. The van der Waals surface area contributed by atoms with E-state index in [1.165, 1.54) is 24.8 Å². The molecule has 0 radical (unpaired) electrons. The van der Waals surface area contributed by atoms with E-state index >= 15 is 0 Å². The fourth-order valence-corrected chi connectivity index (χ4v) is 3.69. The van der Waals surface area contributed by atoms with Gasteiger partial charge in [-0.1, -0.05) is 63.8 Å². The van der Waals surface area contributed by atoms with Crippen molar-refractivity contribution in [2.24, 2.45) is 0 Å². The molecule has 2 rings (SSSR count).